The van der Waals surface area contributed by atoms with Gasteiger partial charge < -0.3 is 10.2 Å². The molecule has 0 spiro atoms. The molecule has 3 aromatic heterocycles. The van der Waals surface area contributed by atoms with Crippen molar-refractivity contribution in [3.63, 3.8) is 0 Å². The normalized spacial score (nSPS) is 14.7. The molecule has 0 atom stereocenters. The second-order valence-electron chi connectivity index (χ2n) is 6.01. The van der Waals surface area contributed by atoms with E-state index in [1.54, 1.807) is 18.6 Å². The summed E-state index contributed by atoms with van der Waals surface area (Å²) in [4.78, 5) is 19.9. The summed E-state index contributed by atoms with van der Waals surface area (Å²) in [7, 11) is 0. The summed E-state index contributed by atoms with van der Waals surface area (Å²) in [5, 5.41) is 4.55. The fourth-order valence-corrected chi connectivity index (χ4v) is 3.23. The number of pyridine rings is 2. The van der Waals surface area contributed by atoms with E-state index in [1.165, 1.54) is 5.56 Å². The number of aromatic nitrogens is 4. The fourth-order valence-electron chi connectivity index (χ4n) is 2.92. The van der Waals surface area contributed by atoms with Crippen LogP contribution in [0.5, 0.6) is 0 Å². The maximum Gasteiger partial charge on any atom is 0.162 e. The first-order valence-electron chi connectivity index (χ1n) is 7.83. The van der Waals surface area contributed by atoms with E-state index in [9.17, 15) is 0 Å². The number of hydrogen-bond acceptors (Lipinski definition) is 6. The predicted octanol–water partition coefficient (Wildman–Crippen LogP) is 3.10. The quantitative estimate of drug-likeness (QED) is 0.748. The first-order chi connectivity index (χ1) is 11.6. The number of nitrogens with zero attached hydrogens (tertiary/aromatic N) is 5. The molecule has 7 heteroatoms. The lowest BCUT2D eigenvalue weighted by Crippen LogP contribution is -2.55. The maximum atomic E-state index is 4.67. The zero-order valence-corrected chi connectivity index (χ0v) is 15.1. The highest BCUT2D eigenvalue weighted by Gasteiger charge is 2.28. The van der Waals surface area contributed by atoms with Crippen molar-refractivity contribution >= 4 is 38.6 Å². The summed E-state index contributed by atoms with van der Waals surface area (Å²) in [5.41, 5.74) is 2.92. The monoisotopic (exact) mass is 384 g/mol. The van der Waals surface area contributed by atoms with Crippen molar-refractivity contribution in [2.45, 2.75) is 19.9 Å². The van der Waals surface area contributed by atoms with Gasteiger partial charge in [-0.2, -0.15) is 0 Å². The van der Waals surface area contributed by atoms with E-state index in [0.717, 1.165) is 45.9 Å². The standard InChI is InChI=1S/C17H17BrN6/c1-10-13-3-4-14(23-17(13)21-11(2)16(10)18)22-12-8-24(9-12)15-7-19-5-6-20-15/h3-7,12H,8-9H2,1-2H3,(H,21,22,23). The number of nitrogens with one attached hydrogen (secondary N) is 1. The van der Waals surface area contributed by atoms with Crippen LogP contribution in [0.25, 0.3) is 11.0 Å². The van der Waals surface area contributed by atoms with Crippen LogP contribution in [-0.4, -0.2) is 39.1 Å². The number of anilines is 2. The van der Waals surface area contributed by atoms with E-state index in [4.69, 9.17) is 0 Å². The first-order valence-corrected chi connectivity index (χ1v) is 8.62. The van der Waals surface area contributed by atoms with Crippen LogP contribution < -0.4 is 10.2 Å². The van der Waals surface area contributed by atoms with Crippen LogP contribution >= 0.6 is 15.9 Å². The SMILES string of the molecule is Cc1nc2nc(NC3CN(c4cnccn4)C3)ccc2c(C)c1Br. The van der Waals surface area contributed by atoms with E-state index in [-0.39, 0.29) is 0 Å². The number of rotatable bonds is 3. The molecule has 0 amide bonds. The first kappa shape index (κ1) is 15.3. The van der Waals surface area contributed by atoms with E-state index >= 15 is 0 Å². The summed E-state index contributed by atoms with van der Waals surface area (Å²) in [5.74, 6) is 1.78. The Morgan fingerprint density at radius 1 is 1.17 bits per heavy atom. The second kappa shape index (κ2) is 5.98. The van der Waals surface area contributed by atoms with Gasteiger partial charge in [0.1, 0.15) is 11.6 Å². The number of hydrogen-bond donors (Lipinski definition) is 1. The second-order valence-corrected chi connectivity index (χ2v) is 6.81. The Morgan fingerprint density at radius 3 is 2.75 bits per heavy atom. The van der Waals surface area contributed by atoms with Gasteiger partial charge in [0.2, 0.25) is 0 Å². The molecule has 3 aromatic rings. The number of fused-ring (bicyclic) bond motifs is 1. The van der Waals surface area contributed by atoms with Gasteiger partial charge >= 0.3 is 0 Å². The molecular formula is C17H17BrN6. The van der Waals surface area contributed by atoms with Crippen molar-refractivity contribution in [1.29, 1.82) is 0 Å². The molecule has 1 aliphatic rings. The average Bonchev–Trinajstić information content (AvgIpc) is 2.56. The van der Waals surface area contributed by atoms with Gasteiger partial charge in [-0.05, 0) is 47.5 Å². The third kappa shape index (κ3) is 2.69. The van der Waals surface area contributed by atoms with Crippen molar-refractivity contribution in [2.24, 2.45) is 0 Å². The lowest BCUT2D eigenvalue weighted by atomic mass is 10.1. The molecule has 0 aromatic carbocycles. The highest BCUT2D eigenvalue weighted by Crippen LogP contribution is 2.27. The molecular weight excluding hydrogens is 368 g/mol. The van der Waals surface area contributed by atoms with Gasteiger partial charge in [-0.3, -0.25) is 4.98 Å². The Kier molecular flexibility index (Phi) is 3.80. The summed E-state index contributed by atoms with van der Waals surface area (Å²) >= 11 is 3.59. The molecule has 0 radical (unpaired) electrons. The summed E-state index contributed by atoms with van der Waals surface area (Å²) in [6.07, 6.45) is 5.20. The van der Waals surface area contributed by atoms with Gasteiger partial charge in [0, 0.05) is 35.3 Å². The molecule has 1 fully saturated rings. The Hall–Kier alpha value is -2.28. The largest absolute Gasteiger partial charge is 0.364 e. The molecule has 0 bridgehead atoms. The zero-order chi connectivity index (χ0) is 16.7. The van der Waals surface area contributed by atoms with Crippen molar-refractivity contribution in [1.82, 2.24) is 19.9 Å². The molecule has 0 aliphatic carbocycles. The van der Waals surface area contributed by atoms with Crippen LogP contribution in [0, 0.1) is 13.8 Å². The van der Waals surface area contributed by atoms with E-state index in [0.29, 0.717) is 6.04 Å². The molecule has 0 unspecified atom stereocenters. The Bertz CT molecular complexity index is 892. The molecule has 122 valence electrons. The van der Waals surface area contributed by atoms with Crippen molar-refractivity contribution in [2.75, 3.05) is 23.3 Å². The molecule has 1 saturated heterocycles. The van der Waals surface area contributed by atoms with Crippen LogP contribution in [-0.2, 0) is 0 Å². The number of aryl methyl sites for hydroxylation is 2. The van der Waals surface area contributed by atoms with E-state index in [2.05, 4.69) is 59.1 Å². The van der Waals surface area contributed by atoms with Gasteiger partial charge in [0.15, 0.2) is 5.65 Å². The minimum absolute atomic E-state index is 0.356. The highest BCUT2D eigenvalue weighted by molar-refractivity contribution is 9.10. The smallest absolute Gasteiger partial charge is 0.162 e. The minimum atomic E-state index is 0.356. The van der Waals surface area contributed by atoms with Crippen LogP contribution in [0.2, 0.25) is 0 Å². The lowest BCUT2D eigenvalue weighted by molar-refractivity contribution is 0.542. The zero-order valence-electron chi connectivity index (χ0n) is 13.5. The van der Waals surface area contributed by atoms with E-state index < -0.39 is 0 Å². The van der Waals surface area contributed by atoms with Gasteiger partial charge in [-0.15, -0.1) is 0 Å². The predicted molar refractivity (Wildman–Crippen MR) is 98.4 cm³/mol. The topological polar surface area (TPSA) is 66.8 Å². The summed E-state index contributed by atoms with van der Waals surface area (Å²) < 4.78 is 1.05. The van der Waals surface area contributed by atoms with Gasteiger partial charge in [0.05, 0.1) is 17.9 Å². The summed E-state index contributed by atoms with van der Waals surface area (Å²) in [6.45, 7) is 5.86. The molecule has 6 nitrogen and oxygen atoms in total. The maximum absolute atomic E-state index is 4.67. The molecule has 1 N–H and O–H groups in total. The van der Waals surface area contributed by atoms with Crippen molar-refractivity contribution < 1.29 is 0 Å². The van der Waals surface area contributed by atoms with Crippen LogP contribution in [0.1, 0.15) is 11.3 Å². The van der Waals surface area contributed by atoms with Crippen molar-refractivity contribution in [3.05, 3.63) is 46.5 Å². The van der Waals surface area contributed by atoms with Crippen LogP contribution in [0.4, 0.5) is 11.6 Å². The van der Waals surface area contributed by atoms with Gasteiger partial charge in [0.25, 0.3) is 0 Å². The fraction of sp³-hybridized carbons (Fsp3) is 0.294. The molecule has 1 aliphatic heterocycles. The van der Waals surface area contributed by atoms with Crippen molar-refractivity contribution in [3.8, 4) is 0 Å². The highest BCUT2D eigenvalue weighted by atomic mass is 79.9. The molecule has 4 heterocycles. The van der Waals surface area contributed by atoms with E-state index in [1.807, 2.05) is 13.0 Å². The third-order valence-corrected chi connectivity index (χ3v) is 5.48. The lowest BCUT2D eigenvalue weighted by Gasteiger charge is -2.40. The van der Waals surface area contributed by atoms with Crippen LogP contribution in [0.15, 0.2) is 35.2 Å². The Labute approximate surface area is 148 Å². The Morgan fingerprint density at radius 2 is 2.00 bits per heavy atom. The van der Waals surface area contributed by atoms with Gasteiger partial charge in [-0.25, -0.2) is 15.0 Å². The molecule has 24 heavy (non-hydrogen) atoms. The molecule has 4 rings (SSSR count). The summed E-state index contributed by atoms with van der Waals surface area (Å²) in [6, 6.07) is 4.45. The minimum Gasteiger partial charge on any atom is -0.364 e. The van der Waals surface area contributed by atoms with Crippen LogP contribution in [0.3, 0.4) is 0 Å². The van der Waals surface area contributed by atoms with Gasteiger partial charge in [-0.1, -0.05) is 0 Å². The molecule has 0 saturated carbocycles. The number of halogens is 1. The Balaban J connectivity index is 1.49. The average molecular weight is 385 g/mol. The third-order valence-electron chi connectivity index (χ3n) is 4.31.